The highest BCUT2D eigenvalue weighted by atomic mass is 16.5. The number of esters is 1. The van der Waals surface area contributed by atoms with E-state index in [1.165, 1.54) is 6.92 Å². The molecule has 2 saturated carbocycles. The second-order valence-corrected chi connectivity index (χ2v) is 8.17. The predicted molar refractivity (Wildman–Crippen MR) is 83.7 cm³/mol. The SMILES string of the molecule is CC(=O)OC1C(C)CC23C4CCCN2CCCC3(O)C1CC4=O. The van der Waals surface area contributed by atoms with Gasteiger partial charge in [0.25, 0.3) is 0 Å². The Hall–Kier alpha value is -0.940. The van der Waals surface area contributed by atoms with Crippen LogP contribution in [0.1, 0.15) is 52.4 Å². The Balaban J connectivity index is 1.83. The highest BCUT2D eigenvalue weighted by Crippen LogP contribution is 2.61. The number of rotatable bonds is 1. The van der Waals surface area contributed by atoms with Crippen molar-refractivity contribution >= 4 is 11.8 Å². The summed E-state index contributed by atoms with van der Waals surface area (Å²) < 4.78 is 5.60. The average molecular weight is 321 g/mol. The van der Waals surface area contributed by atoms with Crippen LogP contribution in [0, 0.1) is 17.8 Å². The Morgan fingerprint density at radius 3 is 2.83 bits per heavy atom. The van der Waals surface area contributed by atoms with Gasteiger partial charge in [-0.2, -0.15) is 0 Å². The number of carbonyl (C=O) groups excluding carboxylic acids is 2. The Bertz CT molecular complexity index is 547. The van der Waals surface area contributed by atoms with E-state index in [9.17, 15) is 14.7 Å². The molecular formula is C18H27NO4. The van der Waals surface area contributed by atoms with Crippen molar-refractivity contribution < 1.29 is 19.4 Å². The van der Waals surface area contributed by atoms with Crippen molar-refractivity contribution in [2.45, 2.75) is 69.6 Å². The number of nitrogens with zero attached hydrogens (tertiary/aromatic N) is 1. The fourth-order valence-electron chi connectivity index (χ4n) is 6.48. The summed E-state index contributed by atoms with van der Waals surface area (Å²) in [4.78, 5) is 26.8. The minimum Gasteiger partial charge on any atom is -0.462 e. The van der Waals surface area contributed by atoms with Crippen LogP contribution in [0.25, 0.3) is 0 Å². The van der Waals surface area contributed by atoms with Gasteiger partial charge in [0, 0.05) is 25.2 Å². The standard InChI is InChI=1S/C18H27NO4/c1-11-10-17-13-5-3-7-19(17)8-4-6-18(17,22)14(9-15(13)21)16(11)23-12(2)20/h11,13-14,16,22H,3-10H2,1-2H3. The lowest BCUT2D eigenvalue weighted by atomic mass is 9.45. The number of carbonyl (C=O) groups is 2. The Morgan fingerprint density at radius 2 is 2.09 bits per heavy atom. The number of aliphatic hydroxyl groups is 1. The lowest BCUT2D eigenvalue weighted by Gasteiger charge is -2.70. The largest absolute Gasteiger partial charge is 0.462 e. The van der Waals surface area contributed by atoms with Gasteiger partial charge < -0.3 is 9.84 Å². The van der Waals surface area contributed by atoms with Crippen molar-refractivity contribution in [2.24, 2.45) is 17.8 Å². The van der Waals surface area contributed by atoms with E-state index in [1.807, 2.05) is 0 Å². The average Bonchev–Trinajstić information content (AvgIpc) is 2.48. The fourth-order valence-corrected chi connectivity index (χ4v) is 6.48. The monoisotopic (exact) mass is 321 g/mol. The Kier molecular flexibility index (Phi) is 3.40. The lowest BCUT2D eigenvalue weighted by Crippen LogP contribution is -2.82. The molecular weight excluding hydrogens is 294 g/mol. The van der Waals surface area contributed by atoms with Crippen LogP contribution in [0.15, 0.2) is 0 Å². The van der Waals surface area contributed by atoms with Crippen LogP contribution in [0.2, 0.25) is 0 Å². The van der Waals surface area contributed by atoms with E-state index < -0.39 is 11.1 Å². The van der Waals surface area contributed by atoms with Gasteiger partial charge in [-0.1, -0.05) is 6.92 Å². The Morgan fingerprint density at radius 1 is 1.35 bits per heavy atom. The molecule has 6 unspecified atom stereocenters. The predicted octanol–water partition coefficient (Wildman–Crippen LogP) is 1.52. The molecule has 4 rings (SSSR count). The summed E-state index contributed by atoms with van der Waals surface area (Å²) in [5, 5.41) is 11.8. The van der Waals surface area contributed by atoms with Crippen LogP contribution in [-0.2, 0) is 14.3 Å². The molecule has 0 aromatic carbocycles. The van der Waals surface area contributed by atoms with E-state index in [0.717, 1.165) is 45.2 Å². The van der Waals surface area contributed by atoms with Crippen molar-refractivity contribution in [3.63, 3.8) is 0 Å². The topological polar surface area (TPSA) is 66.8 Å². The summed E-state index contributed by atoms with van der Waals surface area (Å²) >= 11 is 0. The highest BCUT2D eigenvalue weighted by Gasteiger charge is 2.72. The van der Waals surface area contributed by atoms with E-state index >= 15 is 0 Å². The third kappa shape index (κ3) is 1.86. The molecule has 0 radical (unpaired) electrons. The molecule has 0 amide bonds. The molecule has 0 aromatic rings. The van der Waals surface area contributed by atoms with E-state index in [0.29, 0.717) is 6.42 Å². The summed E-state index contributed by atoms with van der Waals surface area (Å²) in [5.41, 5.74) is -1.31. The normalized spacial score (nSPS) is 49.4. The summed E-state index contributed by atoms with van der Waals surface area (Å²) in [5.74, 6) is -0.153. The lowest BCUT2D eigenvalue weighted by molar-refractivity contribution is -0.274. The van der Waals surface area contributed by atoms with Crippen LogP contribution in [0.4, 0.5) is 0 Å². The second-order valence-electron chi connectivity index (χ2n) is 8.17. The number of hydrogen-bond acceptors (Lipinski definition) is 5. The molecule has 1 N–H and O–H groups in total. The van der Waals surface area contributed by atoms with E-state index in [-0.39, 0.29) is 35.6 Å². The van der Waals surface area contributed by atoms with Gasteiger partial charge in [-0.3, -0.25) is 14.5 Å². The number of ether oxygens (including phenoxy) is 1. The minimum atomic E-state index is -0.892. The number of Topliss-reactive ketones (excluding diaryl/α,β-unsaturated/α-hetero) is 1. The van der Waals surface area contributed by atoms with E-state index in [1.54, 1.807) is 0 Å². The molecule has 2 bridgehead atoms. The van der Waals surface area contributed by atoms with Crippen LogP contribution >= 0.6 is 0 Å². The van der Waals surface area contributed by atoms with Crippen molar-refractivity contribution in [3.05, 3.63) is 0 Å². The van der Waals surface area contributed by atoms with Crippen molar-refractivity contribution in [1.82, 2.24) is 4.90 Å². The molecule has 1 spiro atoms. The zero-order valence-corrected chi connectivity index (χ0v) is 14.1. The molecule has 23 heavy (non-hydrogen) atoms. The van der Waals surface area contributed by atoms with Gasteiger partial charge in [-0.15, -0.1) is 0 Å². The van der Waals surface area contributed by atoms with E-state index in [2.05, 4.69) is 11.8 Å². The number of hydrogen-bond donors (Lipinski definition) is 1. The fraction of sp³-hybridized carbons (Fsp3) is 0.889. The first-order valence-electron chi connectivity index (χ1n) is 9.07. The van der Waals surface area contributed by atoms with Gasteiger partial charge in [0.15, 0.2) is 0 Å². The van der Waals surface area contributed by atoms with Crippen LogP contribution in [-0.4, -0.2) is 52.1 Å². The van der Waals surface area contributed by atoms with Gasteiger partial charge >= 0.3 is 5.97 Å². The summed E-state index contributed by atoms with van der Waals surface area (Å²) in [7, 11) is 0. The number of ketones is 1. The smallest absolute Gasteiger partial charge is 0.302 e. The maximum absolute atomic E-state index is 12.9. The van der Waals surface area contributed by atoms with Gasteiger partial charge in [0.2, 0.25) is 0 Å². The molecule has 2 aliphatic heterocycles. The van der Waals surface area contributed by atoms with Crippen LogP contribution in [0.3, 0.4) is 0 Å². The van der Waals surface area contributed by atoms with Crippen molar-refractivity contribution in [1.29, 1.82) is 0 Å². The van der Waals surface area contributed by atoms with Gasteiger partial charge in [-0.05, 0) is 51.1 Å². The maximum Gasteiger partial charge on any atom is 0.302 e. The quantitative estimate of drug-likeness (QED) is 0.742. The molecule has 2 saturated heterocycles. The number of piperidine rings is 2. The summed E-state index contributed by atoms with van der Waals surface area (Å²) in [6, 6.07) is 0. The Labute approximate surface area is 137 Å². The first kappa shape index (κ1) is 15.6. The van der Waals surface area contributed by atoms with Crippen molar-refractivity contribution in [2.75, 3.05) is 13.1 Å². The molecule has 6 atom stereocenters. The molecule has 2 heterocycles. The van der Waals surface area contributed by atoms with Gasteiger partial charge in [-0.25, -0.2) is 0 Å². The third-order valence-corrected chi connectivity index (χ3v) is 7.11. The zero-order valence-electron chi connectivity index (χ0n) is 14.1. The minimum absolute atomic E-state index is 0.0430. The maximum atomic E-state index is 12.9. The third-order valence-electron chi connectivity index (χ3n) is 7.11. The zero-order chi connectivity index (χ0) is 16.4. The van der Waals surface area contributed by atoms with Crippen LogP contribution < -0.4 is 0 Å². The van der Waals surface area contributed by atoms with E-state index in [4.69, 9.17) is 4.74 Å². The molecule has 5 nitrogen and oxygen atoms in total. The molecule has 0 aromatic heterocycles. The van der Waals surface area contributed by atoms with Crippen molar-refractivity contribution in [3.8, 4) is 0 Å². The molecule has 4 fully saturated rings. The molecule has 2 aliphatic carbocycles. The van der Waals surface area contributed by atoms with Gasteiger partial charge in [0.05, 0.1) is 11.1 Å². The molecule has 128 valence electrons. The highest BCUT2D eigenvalue weighted by molar-refractivity contribution is 5.85. The second kappa shape index (κ2) is 5.03. The summed E-state index contributed by atoms with van der Waals surface area (Å²) in [6.07, 6.45) is 4.40. The molecule has 5 heteroatoms. The first-order valence-corrected chi connectivity index (χ1v) is 9.07. The van der Waals surface area contributed by atoms with Crippen LogP contribution in [0.5, 0.6) is 0 Å². The first-order chi connectivity index (χ1) is 10.9. The van der Waals surface area contributed by atoms with Gasteiger partial charge in [0.1, 0.15) is 11.9 Å². The summed E-state index contributed by atoms with van der Waals surface area (Å²) in [6.45, 7) is 5.49. The molecule has 4 aliphatic rings.